The molecular weight excluding hydrogens is 397 g/mol. The van der Waals surface area contributed by atoms with Crippen LogP contribution in [0.4, 0.5) is 18.9 Å². The first-order valence-corrected chi connectivity index (χ1v) is 9.89. The second-order valence-corrected chi connectivity index (χ2v) is 7.43. The van der Waals surface area contributed by atoms with Crippen molar-refractivity contribution in [2.45, 2.75) is 50.4 Å². The third kappa shape index (κ3) is 5.37. The van der Waals surface area contributed by atoms with Gasteiger partial charge in [-0.2, -0.15) is 13.2 Å². The van der Waals surface area contributed by atoms with Crippen LogP contribution in [0.15, 0.2) is 42.5 Å². The molecule has 2 aromatic carbocycles. The summed E-state index contributed by atoms with van der Waals surface area (Å²) in [5.41, 5.74) is -0.168. The Morgan fingerprint density at radius 2 is 1.87 bits per heavy atom. The summed E-state index contributed by atoms with van der Waals surface area (Å²) in [4.78, 5) is 13.1. The maximum absolute atomic E-state index is 13.1. The van der Waals surface area contributed by atoms with Crippen molar-refractivity contribution in [1.82, 2.24) is 5.32 Å². The van der Waals surface area contributed by atoms with E-state index in [9.17, 15) is 23.1 Å². The van der Waals surface area contributed by atoms with Crippen LogP contribution in [0.5, 0.6) is 11.5 Å². The quantitative estimate of drug-likeness (QED) is 0.611. The largest absolute Gasteiger partial charge is 0.504 e. The van der Waals surface area contributed by atoms with Crippen molar-refractivity contribution in [2.24, 2.45) is 0 Å². The zero-order chi connectivity index (χ0) is 21.7. The molecule has 0 saturated heterocycles. The summed E-state index contributed by atoms with van der Waals surface area (Å²) in [6, 6.07) is 8.24. The summed E-state index contributed by atoms with van der Waals surface area (Å²) in [5.74, 6) is -0.257. The summed E-state index contributed by atoms with van der Waals surface area (Å²) in [6.07, 6.45) is 0.460. The number of halogens is 3. The van der Waals surface area contributed by atoms with Crippen molar-refractivity contribution in [2.75, 3.05) is 12.4 Å². The Labute approximate surface area is 173 Å². The molecule has 3 N–H and O–H groups in total. The van der Waals surface area contributed by atoms with Gasteiger partial charge in [0.25, 0.3) is 0 Å². The van der Waals surface area contributed by atoms with Crippen LogP contribution in [-0.2, 0) is 11.0 Å². The van der Waals surface area contributed by atoms with Crippen molar-refractivity contribution in [3.63, 3.8) is 0 Å². The molecule has 0 aliphatic heterocycles. The Kier molecular flexibility index (Phi) is 6.74. The Balaban J connectivity index is 1.90. The fourth-order valence-electron chi connectivity index (χ4n) is 3.66. The number of methoxy groups -OCH3 is 1. The first-order valence-electron chi connectivity index (χ1n) is 9.89. The van der Waals surface area contributed by atoms with Crippen molar-refractivity contribution >= 4 is 11.6 Å². The van der Waals surface area contributed by atoms with Gasteiger partial charge >= 0.3 is 6.18 Å². The van der Waals surface area contributed by atoms with E-state index in [-0.39, 0.29) is 29.1 Å². The molecule has 8 heteroatoms. The summed E-state index contributed by atoms with van der Waals surface area (Å²) < 4.78 is 44.4. The number of nitrogens with one attached hydrogen (secondary N) is 2. The van der Waals surface area contributed by atoms with Gasteiger partial charge < -0.3 is 20.5 Å². The van der Waals surface area contributed by atoms with E-state index < -0.39 is 17.8 Å². The average Bonchev–Trinajstić information content (AvgIpc) is 2.73. The normalized spacial score (nSPS) is 16.0. The van der Waals surface area contributed by atoms with E-state index in [1.165, 1.54) is 31.4 Å². The maximum Gasteiger partial charge on any atom is 0.416 e. The minimum Gasteiger partial charge on any atom is -0.504 e. The number of phenols is 1. The number of carbonyl (C=O) groups excluding carboxylic acids is 1. The van der Waals surface area contributed by atoms with Crippen LogP contribution in [0.25, 0.3) is 0 Å². The van der Waals surface area contributed by atoms with Gasteiger partial charge in [0, 0.05) is 11.7 Å². The van der Waals surface area contributed by atoms with Crippen molar-refractivity contribution < 1.29 is 27.8 Å². The predicted octanol–water partition coefficient (Wildman–Crippen LogP) is 5.02. The predicted molar refractivity (Wildman–Crippen MR) is 107 cm³/mol. The Morgan fingerprint density at radius 3 is 2.53 bits per heavy atom. The molecule has 3 rings (SSSR count). The molecule has 1 unspecified atom stereocenters. The van der Waals surface area contributed by atoms with Gasteiger partial charge in [0.1, 0.15) is 6.04 Å². The number of alkyl halides is 3. The summed E-state index contributed by atoms with van der Waals surface area (Å²) >= 11 is 0. The van der Waals surface area contributed by atoms with Gasteiger partial charge in [0.15, 0.2) is 11.5 Å². The van der Waals surface area contributed by atoms with Gasteiger partial charge in [-0.3, -0.25) is 4.79 Å². The summed E-state index contributed by atoms with van der Waals surface area (Å²) in [5, 5.41) is 15.8. The van der Waals surface area contributed by atoms with Crippen LogP contribution in [0.2, 0.25) is 0 Å². The Bertz CT molecular complexity index is 880. The monoisotopic (exact) mass is 422 g/mol. The fraction of sp³-hybridized carbons (Fsp3) is 0.409. The molecule has 1 amide bonds. The third-order valence-electron chi connectivity index (χ3n) is 5.25. The maximum atomic E-state index is 13.1. The minimum atomic E-state index is -4.49. The molecule has 0 radical (unpaired) electrons. The van der Waals surface area contributed by atoms with E-state index in [0.717, 1.165) is 44.2 Å². The second kappa shape index (κ2) is 9.28. The van der Waals surface area contributed by atoms with Gasteiger partial charge in [-0.1, -0.05) is 31.4 Å². The lowest BCUT2D eigenvalue weighted by Crippen LogP contribution is -2.41. The van der Waals surface area contributed by atoms with Crippen LogP contribution in [0.1, 0.15) is 49.3 Å². The van der Waals surface area contributed by atoms with Crippen LogP contribution in [0, 0.1) is 0 Å². The topological polar surface area (TPSA) is 70.6 Å². The number of amides is 1. The standard InChI is InChI=1S/C22H25F3N2O3/c1-30-19-12-14(10-11-18(19)28)20(21(29)27-16-7-3-2-4-8-16)26-17-9-5-6-15(13-17)22(23,24)25/h5-6,9-13,16,20,26,28H,2-4,7-8H2,1H3,(H,27,29). The lowest BCUT2D eigenvalue weighted by molar-refractivity contribution is -0.137. The Hall–Kier alpha value is -2.90. The van der Waals surface area contributed by atoms with E-state index in [1.807, 2.05) is 0 Å². The number of benzene rings is 2. The highest BCUT2D eigenvalue weighted by Crippen LogP contribution is 2.33. The fourth-order valence-corrected chi connectivity index (χ4v) is 3.66. The van der Waals surface area contributed by atoms with Crippen LogP contribution >= 0.6 is 0 Å². The van der Waals surface area contributed by atoms with E-state index in [0.29, 0.717) is 5.56 Å². The molecule has 0 heterocycles. The molecule has 1 fully saturated rings. The number of carbonyl (C=O) groups is 1. The number of hydrogen-bond acceptors (Lipinski definition) is 4. The molecule has 2 aromatic rings. The number of hydrogen-bond donors (Lipinski definition) is 3. The van der Waals surface area contributed by atoms with Crippen LogP contribution in [0.3, 0.4) is 0 Å². The third-order valence-corrected chi connectivity index (χ3v) is 5.25. The Morgan fingerprint density at radius 1 is 1.13 bits per heavy atom. The molecule has 30 heavy (non-hydrogen) atoms. The highest BCUT2D eigenvalue weighted by atomic mass is 19.4. The van der Waals surface area contributed by atoms with Gasteiger partial charge in [-0.25, -0.2) is 0 Å². The van der Waals surface area contributed by atoms with Crippen LogP contribution in [-0.4, -0.2) is 24.2 Å². The molecule has 1 aliphatic carbocycles. The van der Waals surface area contributed by atoms with E-state index in [4.69, 9.17) is 4.74 Å². The van der Waals surface area contributed by atoms with E-state index in [1.54, 1.807) is 6.07 Å². The number of aromatic hydroxyl groups is 1. The molecule has 1 saturated carbocycles. The average molecular weight is 422 g/mol. The zero-order valence-corrected chi connectivity index (χ0v) is 16.6. The number of rotatable bonds is 6. The summed E-state index contributed by atoms with van der Waals surface area (Å²) in [6.45, 7) is 0. The number of anilines is 1. The lowest BCUT2D eigenvalue weighted by Gasteiger charge is -2.27. The number of ether oxygens (including phenoxy) is 1. The molecule has 162 valence electrons. The van der Waals surface area contributed by atoms with Gasteiger partial charge in [0.05, 0.1) is 12.7 Å². The smallest absolute Gasteiger partial charge is 0.416 e. The van der Waals surface area contributed by atoms with E-state index in [2.05, 4.69) is 10.6 Å². The van der Waals surface area contributed by atoms with Crippen molar-refractivity contribution in [3.8, 4) is 11.5 Å². The number of phenolic OH excluding ortho intramolecular Hbond substituents is 1. The highest BCUT2D eigenvalue weighted by molar-refractivity contribution is 5.86. The first-order chi connectivity index (χ1) is 14.3. The van der Waals surface area contributed by atoms with Crippen LogP contribution < -0.4 is 15.4 Å². The molecule has 0 bridgehead atoms. The molecule has 1 atom stereocenters. The SMILES string of the molecule is COc1cc(C(Nc2cccc(C(F)(F)F)c2)C(=O)NC2CCCCC2)ccc1O. The second-order valence-electron chi connectivity index (χ2n) is 7.43. The molecule has 0 spiro atoms. The lowest BCUT2D eigenvalue weighted by atomic mass is 9.95. The molecule has 1 aliphatic rings. The molecule has 5 nitrogen and oxygen atoms in total. The van der Waals surface area contributed by atoms with Gasteiger partial charge in [-0.15, -0.1) is 0 Å². The highest BCUT2D eigenvalue weighted by Gasteiger charge is 2.31. The molecular formula is C22H25F3N2O3. The summed E-state index contributed by atoms with van der Waals surface area (Å²) in [7, 11) is 1.39. The molecule has 0 aromatic heterocycles. The van der Waals surface area contributed by atoms with E-state index >= 15 is 0 Å². The van der Waals surface area contributed by atoms with Gasteiger partial charge in [-0.05, 0) is 48.7 Å². The van der Waals surface area contributed by atoms with Crippen molar-refractivity contribution in [1.29, 1.82) is 0 Å². The van der Waals surface area contributed by atoms with Crippen molar-refractivity contribution in [3.05, 3.63) is 53.6 Å². The minimum absolute atomic E-state index is 0.0380. The first kappa shape index (κ1) is 21.8. The van der Waals surface area contributed by atoms with Gasteiger partial charge in [0.2, 0.25) is 5.91 Å². The zero-order valence-electron chi connectivity index (χ0n) is 16.6.